The Balaban J connectivity index is 3.11. The summed E-state index contributed by atoms with van der Waals surface area (Å²) in [4.78, 5) is 11.4. The Morgan fingerprint density at radius 3 is 2.80 bits per heavy atom. The van der Waals surface area contributed by atoms with Gasteiger partial charge in [-0.3, -0.25) is 0 Å². The van der Waals surface area contributed by atoms with Crippen LogP contribution in [-0.2, 0) is 10.3 Å². The zero-order chi connectivity index (χ0) is 11.5. The van der Waals surface area contributed by atoms with E-state index in [4.69, 9.17) is 9.84 Å². The third-order valence-corrected chi connectivity index (χ3v) is 3.39. The molecule has 1 atom stereocenters. The van der Waals surface area contributed by atoms with Gasteiger partial charge in [0.05, 0.1) is 17.0 Å². The monoisotopic (exact) mass is 230 g/mol. The third-order valence-electron chi connectivity index (χ3n) is 2.29. The van der Waals surface area contributed by atoms with Crippen LogP contribution in [0.2, 0.25) is 0 Å². The zero-order valence-electron chi connectivity index (χ0n) is 8.69. The molecule has 0 fully saturated rings. The first-order chi connectivity index (χ1) is 7.05. The van der Waals surface area contributed by atoms with Crippen LogP contribution in [0.25, 0.3) is 0 Å². The fourth-order valence-electron chi connectivity index (χ4n) is 1.40. The fraction of sp³-hybridized carbons (Fsp3) is 0.500. The van der Waals surface area contributed by atoms with Crippen LogP contribution in [0.5, 0.6) is 0 Å². The number of methoxy groups -OCH3 is 1. The molecule has 0 aromatic carbocycles. The van der Waals surface area contributed by atoms with Crippen molar-refractivity contribution in [3.05, 3.63) is 21.9 Å². The average Bonchev–Trinajstić information content (AvgIpc) is 2.67. The van der Waals surface area contributed by atoms with Crippen LogP contribution in [0, 0.1) is 0 Å². The average molecular weight is 230 g/mol. The molecule has 0 aliphatic rings. The molecule has 0 spiro atoms. The minimum absolute atomic E-state index is 0.101. The molecule has 1 aromatic rings. The predicted molar refractivity (Wildman–Crippen MR) is 57.3 cm³/mol. The molecule has 1 aromatic heterocycles. The maximum atomic E-state index is 10.9. The van der Waals surface area contributed by atoms with Crippen molar-refractivity contribution in [2.75, 3.05) is 13.7 Å². The highest BCUT2D eigenvalue weighted by atomic mass is 32.1. The van der Waals surface area contributed by atoms with Gasteiger partial charge in [0.1, 0.15) is 5.60 Å². The van der Waals surface area contributed by atoms with Gasteiger partial charge in [-0.25, -0.2) is 4.79 Å². The van der Waals surface area contributed by atoms with Crippen LogP contribution < -0.4 is 0 Å². The highest BCUT2D eigenvalue weighted by Gasteiger charge is 2.32. The summed E-state index contributed by atoms with van der Waals surface area (Å²) in [6, 6.07) is 1.50. The maximum Gasteiger partial charge on any atom is 0.336 e. The van der Waals surface area contributed by atoms with E-state index in [2.05, 4.69) is 0 Å². The lowest BCUT2D eigenvalue weighted by atomic mass is 9.97. The summed E-state index contributed by atoms with van der Waals surface area (Å²) in [6.07, 6.45) is 0.418. The van der Waals surface area contributed by atoms with Crippen molar-refractivity contribution < 1.29 is 19.7 Å². The van der Waals surface area contributed by atoms with Crippen LogP contribution in [-0.4, -0.2) is 29.9 Å². The number of rotatable bonds is 5. The zero-order valence-corrected chi connectivity index (χ0v) is 9.50. The van der Waals surface area contributed by atoms with E-state index in [1.54, 1.807) is 12.3 Å². The number of ether oxygens (including phenoxy) is 1. The highest BCUT2D eigenvalue weighted by molar-refractivity contribution is 7.10. The lowest BCUT2D eigenvalue weighted by Crippen LogP contribution is -2.31. The number of carboxylic acid groups (broad SMARTS) is 1. The van der Waals surface area contributed by atoms with E-state index in [1.807, 2.05) is 0 Å². The molecule has 0 radical (unpaired) electrons. The Bertz CT molecular complexity index is 347. The molecule has 5 heteroatoms. The molecule has 1 heterocycles. The minimum Gasteiger partial charge on any atom is -0.478 e. The maximum absolute atomic E-state index is 10.9. The number of aromatic carboxylic acids is 1. The Kier molecular flexibility index (Phi) is 3.84. The molecule has 4 nitrogen and oxygen atoms in total. The molecule has 1 unspecified atom stereocenters. The second-order valence-electron chi connectivity index (χ2n) is 3.29. The number of carboxylic acids is 1. The molecule has 0 aliphatic carbocycles. The molecule has 1 rings (SSSR count). The molecule has 0 saturated carbocycles. The van der Waals surface area contributed by atoms with Crippen molar-refractivity contribution in [1.29, 1.82) is 0 Å². The van der Waals surface area contributed by atoms with E-state index in [1.165, 1.54) is 24.5 Å². The fourth-order valence-corrected chi connectivity index (χ4v) is 2.45. The van der Waals surface area contributed by atoms with Crippen molar-refractivity contribution >= 4 is 17.3 Å². The summed E-state index contributed by atoms with van der Waals surface area (Å²) < 4.78 is 4.92. The van der Waals surface area contributed by atoms with E-state index in [0.29, 0.717) is 11.3 Å². The van der Waals surface area contributed by atoms with Gasteiger partial charge in [0.25, 0.3) is 0 Å². The van der Waals surface area contributed by atoms with Crippen molar-refractivity contribution in [1.82, 2.24) is 0 Å². The van der Waals surface area contributed by atoms with E-state index in [0.717, 1.165) is 0 Å². The van der Waals surface area contributed by atoms with Gasteiger partial charge in [0.2, 0.25) is 0 Å². The molecule has 0 saturated heterocycles. The number of hydrogen-bond donors (Lipinski definition) is 2. The summed E-state index contributed by atoms with van der Waals surface area (Å²) >= 11 is 1.24. The molecule has 0 aliphatic heterocycles. The van der Waals surface area contributed by atoms with Crippen LogP contribution in [0.1, 0.15) is 28.6 Å². The summed E-state index contributed by atoms with van der Waals surface area (Å²) in [7, 11) is 1.48. The standard InChI is InChI=1S/C10H14O4S/c1-3-10(13,6-14-2)8-7(9(11)12)4-5-15-8/h4-5,13H,3,6H2,1-2H3,(H,11,12). The number of thiophene rings is 1. The van der Waals surface area contributed by atoms with Gasteiger partial charge < -0.3 is 14.9 Å². The molecule has 0 bridgehead atoms. The minimum atomic E-state index is -1.20. The molecular formula is C10H14O4S. The lowest BCUT2D eigenvalue weighted by Gasteiger charge is -2.25. The second-order valence-corrected chi connectivity index (χ2v) is 4.20. The lowest BCUT2D eigenvalue weighted by molar-refractivity contribution is -0.0365. The first kappa shape index (κ1) is 12.2. The highest BCUT2D eigenvalue weighted by Crippen LogP contribution is 2.32. The largest absolute Gasteiger partial charge is 0.478 e. The van der Waals surface area contributed by atoms with E-state index < -0.39 is 11.6 Å². The van der Waals surface area contributed by atoms with Crippen LogP contribution in [0.3, 0.4) is 0 Å². The molecule has 84 valence electrons. The van der Waals surface area contributed by atoms with E-state index in [-0.39, 0.29) is 12.2 Å². The summed E-state index contributed by atoms with van der Waals surface area (Å²) in [5.41, 5.74) is -1.04. The third kappa shape index (κ3) is 2.37. The molecule has 2 N–H and O–H groups in total. The van der Waals surface area contributed by atoms with Gasteiger partial charge in [0, 0.05) is 7.11 Å². The Labute approximate surface area is 92.1 Å². The topological polar surface area (TPSA) is 66.8 Å². The second kappa shape index (κ2) is 4.74. The quantitative estimate of drug-likeness (QED) is 0.807. The van der Waals surface area contributed by atoms with Crippen LogP contribution in [0.15, 0.2) is 11.4 Å². The van der Waals surface area contributed by atoms with Crippen molar-refractivity contribution in [2.45, 2.75) is 18.9 Å². The summed E-state index contributed by atoms with van der Waals surface area (Å²) in [5.74, 6) is -1.02. The van der Waals surface area contributed by atoms with Gasteiger partial charge in [0.15, 0.2) is 0 Å². The van der Waals surface area contributed by atoms with Gasteiger partial charge >= 0.3 is 5.97 Å². The summed E-state index contributed by atoms with van der Waals surface area (Å²) in [5, 5.41) is 20.8. The number of carbonyl (C=O) groups is 1. The van der Waals surface area contributed by atoms with Crippen molar-refractivity contribution in [3.63, 3.8) is 0 Å². The number of hydrogen-bond acceptors (Lipinski definition) is 4. The molecule has 0 amide bonds. The van der Waals surface area contributed by atoms with Crippen LogP contribution in [0.4, 0.5) is 0 Å². The first-order valence-electron chi connectivity index (χ1n) is 4.57. The van der Waals surface area contributed by atoms with Gasteiger partial charge in [-0.05, 0) is 17.9 Å². The van der Waals surface area contributed by atoms with E-state index in [9.17, 15) is 9.90 Å². The van der Waals surface area contributed by atoms with E-state index >= 15 is 0 Å². The Morgan fingerprint density at radius 1 is 1.67 bits per heavy atom. The first-order valence-corrected chi connectivity index (χ1v) is 5.45. The van der Waals surface area contributed by atoms with Crippen LogP contribution >= 0.6 is 11.3 Å². The molecule has 15 heavy (non-hydrogen) atoms. The summed E-state index contributed by atoms with van der Waals surface area (Å²) in [6.45, 7) is 1.90. The number of aliphatic hydroxyl groups is 1. The predicted octanol–water partition coefficient (Wildman–Crippen LogP) is 1.69. The Hall–Kier alpha value is -0.910. The van der Waals surface area contributed by atoms with Gasteiger partial charge in [-0.2, -0.15) is 0 Å². The van der Waals surface area contributed by atoms with Gasteiger partial charge in [-0.15, -0.1) is 11.3 Å². The van der Waals surface area contributed by atoms with Gasteiger partial charge in [-0.1, -0.05) is 6.92 Å². The smallest absolute Gasteiger partial charge is 0.336 e. The molecular weight excluding hydrogens is 216 g/mol. The van der Waals surface area contributed by atoms with Crippen molar-refractivity contribution in [2.24, 2.45) is 0 Å². The Morgan fingerprint density at radius 2 is 2.33 bits per heavy atom. The normalized spacial score (nSPS) is 14.9. The SMILES string of the molecule is CCC(O)(COC)c1sccc1C(=O)O. The van der Waals surface area contributed by atoms with Crippen molar-refractivity contribution in [3.8, 4) is 0 Å².